The van der Waals surface area contributed by atoms with Gasteiger partial charge in [-0.2, -0.15) is 0 Å². The molecule has 2 aliphatic rings. The van der Waals surface area contributed by atoms with Crippen molar-refractivity contribution in [3.63, 3.8) is 0 Å². The molecule has 0 saturated heterocycles. The number of hydrogen-bond donors (Lipinski definition) is 1. The lowest BCUT2D eigenvalue weighted by Crippen LogP contribution is -2.46. The molecule has 80 valence electrons. The van der Waals surface area contributed by atoms with Crippen LogP contribution < -0.4 is 10.2 Å². The third kappa shape index (κ3) is 1.15. The highest BCUT2D eigenvalue weighted by molar-refractivity contribution is 5.75. The number of halogens is 1. The highest BCUT2D eigenvalue weighted by atomic mass is 19.1. The molecule has 1 aromatic carbocycles. The van der Waals surface area contributed by atoms with Crippen LogP contribution in [-0.4, -0.2) is 18.6 Å². The summed E-state index contributed by atoms with van der Waals surface area (Å²) in [5.74, 6) is -0.104. The maximum absolute atomic E-state index is 13.8. The summed E-state index contributed by atoms with van der Waals surface area (Å²) >= 11 is 0. The second-order valence-corrected chi connectivity index (χ2v) is 4.46. The Labute approximate surface area is 89.1 Å². The number of nitrogens with zero attached hydrogens (tertiary/aromatic N) is 1. The van der Waals surface area contributed by atoms with E-state index in [9.17, 15) is 4.39 Å². The van der Waals surface area contributed by atoms with Gasteiger partial charge in [0.25, 0.3) is 0 Å². The highest BCUT2D eigenvalue weighted by Gasteiger charge is 2.50. The van der Waals surface area contributed by atoms with E-state index < -0.39 is 0 Å². The molecule has 3 rings (SSSR count). The van der Waals surface area contributed by atoms with Crippen molar-refractivity contribution in [1.82, 2.24) is 0 Å². The summed E-state index contributed by atoms with van der Waals surface area (Å²) < 4.78 is 13.8. The van der Waals surface area contributed by atoms with Crippen molar-refractivity contribution in [2.45, 2.75) is 25.3 Å². The second-order valence-electron chi connectivity index (χ2n) is 4.46. The highest BCUT2D eigenvalue weighted by Crippen LogP contribution is 2.49. The molecule has 3 heteroatoms. The predicted octanol–water partition coefficient (Wildman–Crippen LogP) is 2.61. The van der Waals surface area contributed by atoms with E-state index in [1.165, 1.54) is 12.8 Å². The fourth-order valence-corrected chi connectivity index (χ4v) is 2.61. The minimum atomic E-state index is -0.104. The average Bonchev–Trinajstić information content (AvgIpc) is 3.00. The summed E-state index contributed by atoms with van der Waals surface area (Å²) in [4.78, 5) is 2.23. The Morgan fingerprint density at radius 3 is 2.93 bits per heavy atom. The van der Waals surface area contributed by atoms with Crippen LogP contribution in [0.4, 0.5) is 15.8 Å². The van der Waals surface area contributed by atoms with E-state index in [1.807, 2.05) is 6.07 Å². The van der Waals surface area contributed by atoms with Crippen LogP contribution in [0, 0.1) is 5.82 Å². The van der Waals surface area contributed by atoms with Crippen LogP contribution in [0.5, 0.6) is 0 Å². The molecule has 0 radical (unpaired) electrons. The molecule has 1 aromatic rings. The van der Waals surface area contributed by atoms with E-state index in [0.29, 0.717) is 0 Å². The standard InChI is InChI=1S/C12H15FN2/c1-2-15-11-9(13)4-3-5-10(11)14-8-12(15)6-7-12/h3-5,14H,2,6-8H2,1H3. The number of likely N-dealkylation sites (N-methyl/N-ethyl adjacent to an activating group) is 1. The molecule has 15 heavy (non-hydrogen) atoms. The molecule has 2 nitrogen and oxygen atoms in total. The molecule has 1 aliphatic carbocycles. The lowest BCUT2D eigenvalue weighted by Gasteiger charge is -2.39. The van der Waals surface area contributed by atoms with Gasteiger partial charge in [0.2, 0.25) is 0 Å². The molecular formula is C12H15FN2. The molecule has 1 N–H and O–H groups in total. The van der Waals surface area contributed by atoms with Gasteiger partial charge in [-0.1, -0.05) is 6.07 Å². The number of rotatable bonds is 1. The minimum Gasteiger partial charge on any atom is -0.381 e. The summed E-state index contributed by atoms with van der Waals surface area (Å²) in [6.45, 7) is 3.94. The van der Waals surface area contributed by atoms with Gasteiger partial charge in [0.1, 0.15) is 5.82 Å². The number of para-hydroxylation sites is 1. The van der Waals surface area contributed by atoms with Gasteiger partial charge in [-0.3, -0.25) is 0 Å². The Hall–Kier alpha value is -1.25. The van der Waals surface area contributed by atoms with E-state index in [1.54, 1.807) is 12.1 Å². The van der Waals surface area contributed by atoms with E-state index in [-0.39, 0.29) is 11.4 Å². The first-order chi connectivity index (χ1) is 7.27. The SMILES string of the molecule is CCN1c2c(F)cccc2NCC12CC2. The third-order valence-electron chi connectivity index (χ3n) is 3.58. The van der Waals surface area contributed by atoms with Gasteiger partial charge in [0.05, 0.1) is 16.9 Å². The average molecular weight is 206 g/mol. The van der Waals surface area contributed by atoms with E-state index in [4.69, 9.17) is 0 Å². The van der Waals surface area contributed by atoms with Gasteiger partial charge >= 0.3 is 0 Å². The Balaban J connectivity index is 2.12. The minimum absolute atomic E-state index is 0.104. The maximum atomic E-state index is 13.8. The molecule has 0 bridgehead atoms. The Morgan fingerprint density at radius 2 is 2.27 bits per heavy atom. The lowest BCUT2D eigenvalue weighted by atomic mass is 10.1. The first-order valence-electron chi connectivity index (χ1n) is 5.57. The molecule has 0 atom stereocenters. The van der Waals surface area contributed by atoms with Crippen molar-refractivity contribution in [3.05, 3.63) is 24.0 Å². The van der Waals surface area contributed by atoms with Crippen LogP contribution in [0.3, 0.4) is 0 Å². The summed E-state index contributed by atoms with van der Waals surface area (Å²) in [5, 5.41) is 3.34. The van der Waals surface area contributed by atoms with E-state index in [0.717, 1.165) is 24.5 Å². The molecule has 0 aromatic heterocycles. The van der Waals surface area contributed by atoms with Gasteiger partial charge < -0.3 is 10.2 Å². The Morgan fingerprint density at radius 1 is 1.47 bits per heavy atom. The molecule has 0 amide bonds. The van der Waals surface area contributed by atoms with Gasteiger partial charge in [0, 0.05) is 13.1 Å². The topological polar surface area (TPSA) is 15.3 Å². The van der Waals surface area contributed by atoms with Crippen LogP contribution in [-0.2, 0) is 0 Å². The zero-order valence-electron chi connectivity index (χ0n) is 8.89. The van der Waals surface area contributed by atoms with Crippen molar-refractivity contribution in [3.8, 4) is 0 Å². The van der Waals surface area contributed by atoms with Gasteiger partial charge in [0.15, 0.2) is 0 Å². The monoisotopic (exact) mass is 206 g/mol. The van der Waals surface area contributed by atoms with E-state index >= 15 is 0 Å². The van der Waals surface area contributed by atoms with Crippen LogP contribution in [0.1, 0.15) is 19.8 Å². The molecule has 0 unspecified atom stereocenters. The van der Waals surface area contributed by atoms with Crippen molar-refractivity contribution in [2.24, 2.45) is 0 Å². The lowest BCUT2D eigenvalue weighted by molar-refractivity contribution is 0.565. The molecular weight excluding hydrogens is 191 g/mol. The smallest absolute Gasteiger partial charge is 0.148 e. The molecule has 1 aliphatic heterocycles. The van der Waals surface area contributed by atoms with Gasteiger partial charge in [-0.15, -0.1) is 0 Å². The zero-order chi connectivity index (χ0) is 10.5. The van der Waals surface area contributed by atoms with Crippen molar-refractivity contribution >= 4 is 11.4 Å². The number of anilines is 2. The first kappa shape index (κ1) is 9.01. The fraction of sp³-hybridized carbons (Fsp3) is 0.500. The van der Waals surface area contributed by atoms with E-state index in [2.05, 4.69) is 17.1 Å². The predicted molar refractivity (Wildman–Crippen MR) is 59.9 cm³/mol. The van der Waals surface area contributed by atoms with Crippen LogP contribution >= 0.6 is 0 Å². The normalized spacial score (nSPS) is 21.1. The van der Waals surface area contributed by atoms with Gasteiger partial charge in [-0.05, 0) is 31.9 Å². The zero-order valence-corrected chi connectivity index (χ0v) is 8.89. The van der Waals surface area contributed by atoms with Crippen LogP contribution in [0.25, 0.3) is 0 Å². The quantitative estimate of drug-likeness (QED) is 0.759. The molecule has 1 saturated carbocycles. The van der Waals surface area contributed by atoms with Crippen molar-refractivity contribution in [2.75, 3.05) is 23.3 Å². The van der Waals surface area contributed by atoms with Crippen LogP contribution in [0.15, 0.2) is 18.2 Å². The van der Waals surface area contributed by atoms with Crippen molar-refractivity contribution in [1.29, 1.82) is 0 Å². The number of hydrogen-bond acceptors (Lipinski definition) is 2. The second kappa shape index (κ2) is 2.87. The number of fused-ring (bicyclic) bond motifs is 1. The number of nitrogens with one attached hydrogen (secondary N) is 1. The maximum Gasteiger partial charge on any atom is 0.148 e. The number of benzene rings is 1. The van der Waals surface area contributed by atoms with Gasteiger partial charge in [-0.25, -0.2) is 4.39 Å². The summed E-state index contributed by atoms with van der Waals surface area (Å²) in [6.07, 6.45) is 2.36. The first-order valence-corrected chi connectivity index (χ1v) is 5.57. The van der Waals surface area contributed by atoms with Crippen LogP contribution in [0.2, 0.25) is 0 Å². The van der Waals surface area contributed by atoms with Crippen molar-refractivity contribution < 1.29 is 4.39 Å². The Kier molecular flexibility index (Phi) is 1.73. The summed E-state index contributed by atoms with van der Waals surface area (Å²) in [6, 6.07) is 5.26. The molecule has 1 spiro atoms. The Bertz CT molecular complexity index is 399. The summed E-state index contributed by atoms with van der Waals surface area (Å²) in [7, 11) is 0. The largest absolute Gasteiger partial charge is 0.381 e. The molecule has 1 heterocycles. The fourth-order valence-electron chi connectivity index (χ4n) is 2.61. The summed E-state index contributed by atoms with van der Waals surface area (Å²) in [5.41, 5.74) is 1.92. The molecule has 1 fully saturated rings. The third-order valence-corrected chi connectivity index (χ3v) is 3.58.